The van der Waals surface area contributed by atoms with Crippen molar-refractivity contribution in [2.75, 3.05) is 13.7 Å². The predicted molar refractivity (Wildman–Crippen MR) is 147 cm³/mol. The van der Waals surface area contributed by atoms with Crippen LogP contribution in [0.4, 0.5) is 4.39 Å². The van der Waals surface area contributed by atoms with Crippen molar-refractivity contribution >= 4 is 5.97 Å². The minimum Gasteiger partial charge on any atom is -0.497 e. The van der Waals surface area contributed by atoms with E-state index in [-0.39, 0.29) is 29.5 Å². The molecule has 1 unspecified atom stereocenters. The first-order chi connectivity index (χ1) is 17.6. The Morgan fingerprint density at radius 1 is 1.03 bits per heavy atom. The monoisotopic (exact) mass is 504 g/mol. The smallest absolute Gasteiger partial charge is 0.306 e. The molecule has 0 amide bonds. The van der Waals surface area contributed by atoms with Gasteiger partial charge in [-0.15, -0.1) is 6.58 Å². The van der Waals surface area contributed by atoms with E-state index in [0.29, 0.717) is 30.3 Å². The van der Waals surface area contributed by atoms with Crippen LogP contribution >= 0.6 is 0 Å². The van der Waals surface area contributed by atoms with Crippen LogP contribution in [0.3, 0.4) is 0 Å². The van der Waals surface area contributed by atoms with Gasteiger partial charge in [0.1, 0.15) is 23.9 Å². The third kappa shape index (κ3) is 7.94. The lowest BCUT2D eigenvalue weighted by Crippen LogP contribution is -2.11. The van der Waals surface area contributed by atoms with Crippen molar-refractivity contribution in [1.82, 2.24) is 0 Å². The Bertz CT molecular complexity index is 1230. The second-order valence-corrected chi connectivity index (χ2v) is 10.3. The van der Waals surface area contributed by atoms with Crippen LogP contribution in [0.2, 0.25) is 0 Å². The normalized spacial score (nSPS) is 12.1. The summed E-state index contributed by atoms with van der Waals surface area (Å²) in [5.74, 6) is 0.658. The average molecular weight is 505 g/mol. The summed E-state index contributed by atoms with van der Waals surface area (Å²) in [5, 5.41) is 0. The van der Waals surface area contributed by atoms with Gasteiger partial charge >= 0.3 is 5.97 Å². The molecule has 0 aliphatic rings. The van der Waals surface area contributed by atoms with Gasteiger partial charge in [0.05, 0.1) is 20.1 Å². The summed E-state index contributed by atoms with van der Waals surface area (Å²) in [7, 11) is 1.58. The third-order valence-corrected chi connectivity index (χ3v) is 6.02. The van der Waals surface area contributed by atoms with Gasteiger partial charge < -0.3 is 14.2 Å². The predicted octanol–water partition coefficient (Wildman–Crippen LogP) is 7.89. The number of rotatable bonds is 11. The third-order valence-electron chi connectivity index (χ3n) is 6.02. The molecular weight excluding hydrogens is 467 g/mol. The molecule has 0 heterocycles. The highest BCUT2D eigenvalue weighted by molar-refractivity contribution is 5.71. The summed E-state index contributed by atoms with van der Waals surface area (Å²) < 4.78 is 31.4. The number of carbonyl (C=O) groups is 1. The minimum absolute atomic E-state index is 0.00429. The van der Waals surface area contributed by atoms with Crippen LogP contribution < -0.4 is 9.47 Å². The molecule has 0 N–H and O–H groups in total. The molecule has 1 atom stereocenters. The second kappa shape index (κ2) is 12.6. The summed E-state index contributed by atoms with van der Waals surface area (Å²) in [4.78, 5) is 12.0. The molecule has 0 saturated heterocycles. The van der Waals surface area contributed by atoms with E-state index in [1.54, 1.807) is 32.2 Å². The zero-order valence-electron chi connectivity index (χ0n) is 22.5. The van der Waals surface area contributed by atoms with E-state index in [4.69, 9.17) is 14.2 Å². The Balaban J connectivity index is 1.84. The van der Waals surface area contributed by atoms with E-state index < -0.39 is 0 Å². The van der Waals surface area contributed by atoms with Gasteiger partial charge in [-0.3, -0.25) is 4.79 Å². The Morgan fingerprint density at radius 2 is 1.78 bits per heavy atom. The van der Waals surface area contributed by atoms with Gasteiger partial charge in [-0.2, -0.15) is 0 Å². The van der Waals surface area contributed by atoms with Crippen molar-refractivity contribution in [3.8, 4) is 22.6 Å². The molecule has 196 valence electrons. The highest BCUT2D eigenvalue weighted by atomic mass is 19.1. The molecule has 37 heavy (non-hydrogen) atoms. The standard InChI is InChI=1S/C32H37FO4/c1-7-23(18-31(34)36-8-2)24-11-9-10-22(16-24)21-37-27-12-14-28(25(17-27)20-32(3,4)5)29-19-26(35-6)13-15-30(29)33/h7,9-17,19,23H,1,8,18,20-21H2,2-6H3. The van der Waals surface area contributed by atoms with Crippen LogP contribution in [0, 0.1) is 11.2 Å². The first-order valence-electron chi connectivity index (χ1n) is 12.6. The molecule has 5 heteroatoms. The summed E-state index contributed by atoms with van der Waals surface area (Å²) in [6.45, 7) is 12.9. The minimum atomic E-state index is -0.291. The lowest BCUT2D eigenvalue weighted by molar-refractivity contribution is -0.143. The molecule has 0 radical (unpaired) electrons. The molecular formula is C32H37FO4. The topological polar surface area (TPSA) is 44.8 Å². The van der Waals surface area contributed by atoms with Gasteiger partial charge in [-0.25, -0.2) is 4.39 Å². The highest BCUT2D eigenvalue weighted by Crippen LogP contribution is 2.35. The first kappa shape index (κ1) is 28.0. The molecule has 0 aliphatic carbocycles. The summed E-state index contributed by atoms with van der Waals surface area (Å²) in [6.07, 6.45) is 2.77. The van der Waals surface area contributed by atoms with Gasteiger partial charge in [0.2, 0.25) is 0 Å². The van der Waals surface area contributed by atoms with Crippen molar-refractivity contribution in [3.63, 3.8) is 0 Å². The fraction of sp³-hybridized carbons (Fsp3) is 0.344. The number of hydrogen-bond acceptors (Lipinski definition) is 4. The molecule has 3 aromatic rings. The quantitative estimate of drug-likeness (QED) is 0.197. The number of ether oxygens (including phenoxy) is 3. The maximum Gasteiger partial charge on any atom is 0.306 e. The second-order valence-electron chi connectivity index (χ2n) is 10.3. The fourth-order valence-electron chi connectivity index (χ4n) is 4.29. The van der Waals surface area contributed by atoms with Crippen molar-refractivity contribution in [2.24, 2.45) is 5.41 Å². The molecule has 0 saturated carbocycles. The number of methoxy groups -OCH3 is 1. The van der Waals surface area contributed by atoms with Gasteiger partial charge in [0, 0.05) is 11.5 Å². The number of allylic oxidation sites excluding steroid dienone is 1. The Labute approximate surface area is 220 Å². The largest absolute Gasteiger partial charge is 0.497 e. The number of benzene rings is 3. The number of esters is 1. The van der Waals surface area contributed by atoms with Crippen molar-refractivity contribution in [3.05, 3.63) is 95.8 Å². The summed E-state index contributed by atoms with van der Waals surface area (Å²) in [5.41, 5.74) is 4.31. The number of carbonyl (C=O) groups excluding carboxylic acids is 1. The summed E-state index contributed by atoms with van der Waals surface area (Å²) in [6, 6.07) is 18.5. The van der Waals surface area contributed by atoms with E-state index in [1.807, 2.05) is 42.5 Å². The van der Waals surface area contributed by atoms with Gasteiger partial charge in [-0.1, -0.05) is 57.2 Å². The van der Waals surface area contributed by atoms with Crippen molar-refractivity contribution in [2.45, 2.75) is 53.1 Å². The van der Waals surface area contributed by atoms with E-state index >= 15 is 0 Å². The van der Waals surface area contributed by atoms with E-state index in [2.05, 4.69) is 27.4 Å². The summed E-state index contributed by atoms with van der Waals surface area (Å²) >= 11 is 0. The molecule has 4 nitrogen and oxygen atoms in total. The molecule has 0 spiro atoms. The van der Waals surface area contributed by atoms with Gasteiger partial charge in [0.25, 0.3) is 0 Å². The Kier molecular flexibility index (Phi) is 9.51. The van der Waals surface area contributed by atoms with Crippen molar-refractivity contribution in [1.29, 1.82) is 0 Å². The van der Waals surface area contributed by atoms with Crippen LogP contribution in [-0.4, -0.2) is 19.7 Å². The zero-order chi connectivity index (χ0) is 27.0. The molecule has 3 rings (SSSR count). The van der Waals surface area contributed by atoms with Crippen LogP contribution in [0.1, 0.15) is 56.7 Å². The maximum absolute atomic E-state index is 14.8. The maximum atomic E-state index is 14.8. The van der Waals surface area contributed by atoms with E-state index in [9.17, 15) is 9.18 Å². The Hall–Kier alpha value is -3.60. The molecule has 0 fully saturated rings. The lowest BCUT2D eigenvalue weighted by Gasteiger charge is -2.22. The van der Waals surface area contributed by atoms with Crippen LogP contribution in [0.25, 0.3) is 11.1 Å². The zero-order valence-corrected chi connectivity index (χ0v) is 22.5. The molecule has 0 aromatic heterocycles. The van der Waals surface area contributed by atoms with Crippen LogP contribution in [-0.2, 0) is 22.6 Å². The molecule has 0 bridgehead atoms. The van der Waals surface area contributed by atoms with Crippen LogP contribution in [0.15, 0.2) is 73.3 Å². The van der Waals surface area contributed by atoms with Crippen LogP contribution in [0.5, 0.6) is 11.5 Å². The Morgan fingerprint density at radius 3 is 2.46 bits per heavy atom. The molecule has 3 aromatic carbocycles. The fourth-order valence-corrected chi connectivity index (χ4v) is 4.29. The number of halogens is 1. The SMILES string of the molecule is C=CC(CC(=O)OCC)c1cccc(COc2ccc(-c3cc(OC)ccc3F)c(CC(C)(C)C)c2)c1. The highest BCUT2D eigenvalue weighted by Gasteiger charge is 2.19. The van der Waals surface area contributed by atoms with Gasteiger partial charge in [0.15, 0.2) is 0 Å². The van der Waals surface area contributed by atoms with Crippen molar-refractivity contribution < 1.29 is 23.4 Å². The number of hydrogen-bond donors (Lipinski definition) is 0. The first-order valence-corrected chi connectivity index (χ1v) is 12.6. The van der Waals surface area contributed by atoms with Gasteiger partial charge in [-0.05, 0) is 71.3 Å². The average Bonchev–Trinajstić information content (AvgIpc) is 2.86. The molecule has 0 aliphatic heterocycles. The lowest BCUT2D eigenvalue weighted by atomic mass is 9.84. The van der Waals surface area contributed by atoms with E-state index in [1.165, 1.54) is 6.07 Å². The van der Waals surface area contributed by atoms with E-state index in [0.717, 1.165) is 28.7 Å².